The van der Waals surface area contributed by atoms with Crippen LogP contribution in [0.25, 0.3) is 0 Å². The summed E-state index contributed by atoms with van der Waals surface area (Å²) < 4.78 is 12.5. The molecule has 1 aromatic carbocycles. The maximum Gasteiger partial charge on any atom is 0.272 e. The van der Waals surface area contributed by atoms with Gasteiger partial charge in [-0.15, -0.1) is 0 Å². The molecule has 1 aromatic rings. The average Bonchev–Trinajstić information content (AvgIpc) is 2.74. The molecule has 0 saturated heterocycles. The first-order valence-corrected chi connectivity index (χ1v) is 16.2. The zero-order chi connectivity index (χ0) is 20.6. The van der Waals surface area contributed by atoms with Crippen LogP contribution in [0.1, 0.15) is 41.0 Å². The molecule has 0 bridgehead atoms. The molecule has 0 spiro atoms. The van der Waals surface area contributed by atoms with Crippen LogP contribution in [0.3, 0.4) is 0 Å². The molecule has 1 aliphatic heterocycles. The van der Waals surface area contributed by atoms with E-state index in [9.17, 15) is 9.59 Å². The minimum atomic E-state index is -2.02. The standard InChI is InChI=1S/C20H31NO4Si2/c1-14(2)13-17(20(24-26(3,4)5)25-27(6,7)8)21-18(22)15-11-9-10-12-16(15)19(21)23/h9-12,14H,13H2,1-8H3. The molecule has 0 fully saturated rings. The van der Waals surface area contributed by atoms with Crippen LogP contribution in [0.15, 0.2) is 35.9 Å². The quantitative estimate of drug-likeness (QED) is 0.355. The van der Waals surface area contributed by atoms with E-state index in [-0.39, 0.29) is 17.7 Å². The summed E-state index contributed by atoms with van der Waals surface area (Å²) in [5.74, 6) is -0.0180. The maximum absolute atomic E-state index is 13.0. The van der Waals surface area contributed by atoms with Crippen LogP contribution >= 0.6 is 0 Å². The lowest BCUT2D eigenvalue weighted by Gasteiger charge is -2.31. The molecule has 7 heteroatoms. The van der Waals surface area contributed by atoms with Crippen LogP contribution in [0.2, 0.25) is 39.3 Å². The van der Waals surface area contributed by atoms with Crippen molar-refractivity contribution < 1.29 is 18.4 Å². The number of rotatable bonds is 7. The van der Waals surface area contributed by atoms with Crippen molar-refractivity contribution in [3.05, 3.63) is 47.0 Å². The van der Waals surface area contributed by atoms with Gasteiger partial charge in [-0.25, -0.2) is 4.90 Å². The number of carbonyl (C=O) groups excluding carboxylic acids is 2. The summed E-state index contributed by atoms with van der Waals surface area (Å²) in [6.07, 6.45) is 0.524. The molecular formula is C20H31NO4Si2. The molecule has 0 aliphatic carbocycles. The van der Waals surface area contributed by atoms with Crippen LogP contribution < -0.4 is 0 Å². The van der Waals surface area contributed by atoms with Gasteiger partial charge in [0.25, 0.3) is 17.8 Å². The summed E-state index contributed by atoms with van der Waals surface area (Å²) >= 11 is 0. The molecule has 5 nitrogen and oxygen atoms in total. The fourth-order valence-corrected chi connectivity index (χ4v) is 4.30. The van der Waals surface area contributed by atoms with Gasteiger partial charge in [-0.3, -0.25) is 9.59 Å². The normalized spacial score (nSPS) is 14.5. The van der Waals surface area contributed by atoms with Gasteiger partial charge in [0.2, 0.25) is 16.6 Å². The van der Waals surface area contributed by atoms with E-state index in [2.05, 4.69) is 53.1 Å². The monoisotopic (exact) mass is 405 g/mol. The predicted molar refractivity (Wildman–Crippen MR) is 112 cm³/mol. The zero-order valence-corrected chi connectivity index (χ0v) is 19.7. The molecule has 27 heavy (non-hydrogen) atoms. The Bertz CT molecular complexity index is 720. The topological polar surface area (TPSA) is 55.8 Å². The second kappa shape index (κ2) is 7.63. The van der Waals surface area contributed by atoms with Crippen molar-refractivity contribution >= 4 is 28.4 Å². The number of allylic oxidation sites excluding steroid dienone is 1. The van der Waals surface area contributed by atoms with E-state index in [0.29, 0.717) is 29.2 Å². The molecule has 1 aliphatic rings. The smallest absolute Gasteiger partial charge is 0.272 e. The number of hydrogen-bond acceptors (Lipinski definition) is 4. The Hall–Kier alpha value is -1.87. The van der Waals surface area contributed by atoms with Gasteiger partial charge in [0.1, 0.15) is 5.70 Å². The highest BCUT2D eigenvalue weighted by molar-refractivity contribution is 6.71. The van der Waals surface area contributed by atoms with Crippen LogP contribution in [0, 0.1) is 5.92 Å². The molecule has 2 amide bonds. The van der Waals surface area contributed by atoms with Crippen molar-refractivity contribution in [3.63, 3.8) is 0 Å². The van der Waals surface area contributed by atoms with E-state index < -0.39 is 16.6 Å². The summed E-state index contributed by atoms with van der Waals surface area (Å²) in [5, 5.41) is 0. The van der Waals surface area contributed by atoms with Gasteiger partial charge in [0.05, 0.1) is 11.1 Å². The van der Waals surface area contributed by atoms with Crippen LogP contribution in [-0.4, -0.2) is 33.3 Å². The predicted octanol–water partition coefficient (Wildman–Crippen LogP) is 5.20. The lowest BCUT2D eigenvalue weighted by Crippen LogP contribution is -2.37. The van der Waals surface area contributed by atoms with Gasteiger partial charge >= 0.3 is 0 Å². The van der Waals surface area contributed by atoms with Gasteiger partial charge in [-0.05, 0) is 63.8 Å². The lowest BCUT2D eigenvalue weighted by atomic mass is 10.1. The largest absolute Gasteiger partial charge is 0.519 e. The highest BCUT2D eigenvalue weighted by Crippen LogP contribution is 2.33. The molecule has 1 heterocycles. The number of carbonyl (C=O) groups is 2. The average molecular weight is 406 g/mol. The molecule has 0 atom stereocenters. The SMILES string of the molecule is CC(C)CC(=C(O[Si](C)(C)C)O[Si](C)(C)C)N1C(=O)c2ccccc2C1=O. The Morgan fingerprint density at radius 3 is 1.63 bits per heavy atom. The molecular weight excluding hydrogens is 374 g/mol. The highest BCUT2D eigenvalue weighted by Gasteiger charge is 2.41. The Morgan fingerprint density at radius 2 is 1.30 bits per heavy atom. The molecule has 0 unspecified atom stereocenters. The number of nitrogens with zero attached hydrogens (tertiary/aromatic N) is 1. The van der Waals surface area contributed by atoms with Crippen LogP contribution in [0.5, 0.6) is 0 Å². The van der Waals surface area contributed by atoms with Crippen molar-refractivity contribution in [2.75, 3.05) is 0 Å². The fraction of sp³-hybridized carbons (Fsp3) is 0.500. The summed E-state index contributed by atoms with van der Waals surface area (Å²) in [4.78, 5) is 27.4. The van der Waals surface area contributed by atoms with Crippen LogP contribution in [-0.2, 0) is 8.85 Å². The summed E-state index contributed by atoms with van der Waals surface area (Å²) in [6.45, 7) is 16.5. The minimum absolute atomic E-state index is 0.231. The van der Waals surface area contributed by atoms with Gasteiger partial charge in [0, 0.05) is 0 Å². The van der Waals surface area contributed by atoms with Gasteiger partial charge in [-0.1, -0.05) is 26.0 Å². The third kappa shape index (κ3) is 5.32. The van der Waals surface area contributed by atoms with Gasteiger partial charge in [-0.2, -0.15) is 0 Å². The second-order valence-corrected chi connectivity index (χ2v) is 18.1. The first-order chi connectivity index (χ1) is 12.3. The number of amides is 2. The second-order valence-electron chi connectivity index (χ2n) is 9.25. The maximum atomic E-state index is 13.0. The van der Waals surface area contributed by atoms with E-state index in [4.69, 9.17) is 8.85 Å². The summed E-state index contributed by atoms with van der Waals surface area (Å²) in [6, 6.07) is 6.94. The van der Waals surface area contributed by atoms with Crippen LogP contribution in [0.4, 0.5) is 0 Å². The van der Waals surface area contributed by atoms with E-state index in [1.807, 2.05) is 0 Å². The molecule has 0 radical (unpaired) electrons. The Labute approximate surface area is 164 Å². The number of hydrogen-bond donors (Lipinski definition) is 0. The van der Waals surface area contributed by atoms with Crippen molar-refractivity contribution in [3.8, 4) is 0 Å². The Morgan fingerprint density at radius 1 is 0.889 bits per heavy atom. The molecule has 0 saturated carbocycles. The summed E-state index contributed by atoms with van der Waals surface area (Å²) in [7, 11) is -4.04. The molecule has 0 N–H and O–H groups in total. The van der Waals surface area contributed by atoms with E-state index in [0.717, 1.165) is 0 Å². The van der Waals surface area contributed by atoms with Crippen molar-refractivity contribution in [1.82, 2.24) is 4.90 Å². The van der Waals surface area contributed by atoms with E-state index in [1.54, 1.807) is 24.3 Å². The van der Waals surface area contributed by atoms with Gasteiger partial charge in [0.15, 0.2) is 0 Å². The fourth-order valence-electron chi connectivity index (χ4n) is 2.78. The molecule has 148 valence electrons. The number of benzene rings is 1. The zero-order valence-electron chi connectivity index (χ0n) is 17.7. The lowest BCUT2D eigenvalue weighted by molar-refractivity contribution is 0.0668. The summed E-state index contributed by atoms with van der Waals surface area (Å²) in [5.41, 5.74) is 1.41. The Balaban J connectivity index is 2.62. The minimum Gasteiger partial charge on any atom is -0.519 e. The number of imide groups is 1. The van der Waals surface area contributed by atoms with E-state index in [1.165, 1.54) is 4.90 Å². The first kappa shape index (κ1) is 21.4. The molecule has 0 aromatic heterocycles. The molecule has 2 rings (SSSR count). The number of fused-ring (bicyclic) bond motifs is 1. The van der Waals surface area contributed by atoms with Crippen molar-refractivity contribution in [2.24, 2.45) is 5.92 Å². The van der Waals surface area contributed by atoms with E-state index >= 15 is 0 Å². The Kier molecular flexibility index (Phi) is 6.06. The van der Waals surface area contributed by atoms with Crippen molar-refractivity contribution in [2.45, 2.75) is 59.6 Å². The third-order valence-electron chi connectivity index (χ3n) is 3.70. The van der Waals surface area contributed by atoms with Gasteiger partial charge < -0.3 is 8.85 Å². The van der Waals surface area contributed by atoms with Crippen molar-refractivity contribution in [1.29, 1.82) is 0 Å². The first-order valence-electron chi connectivity index (χ1n) is 9.39. The highest BCUT2D eigenvalue weighted by atomic mass is 28.4. The third-order valence-corrected chi connectivity index (χ3v) is 5.29.